The van der Waals surface area contributed by atoms with E-state index in [9.17, 15) is 0 Å². The van der Waals surface area contributed by atoms with Crippen molar-refractivity contribution >= 4 is 34.3 Å². The van der Waals surface area contributed by atoms with Gasteiger partial charge in [0.25, 0.3) is 0 Å². The second kappa shape index (κ2) is 13.2. The summed E-state index contributed by atoms with van der Waals surface area (Å²) in [6.45, 7) is 3.42. The Kier molecular flexibility index (Phi) is 10.3. The number of hydrogen-bond donors (Lipinski definition) is 3. The summed E-state index contributed by atoms with van der Waals surface area (Å²) in [5, 5.41) is 20.9. The molecule has 0 heterocycles. The van der Waals surface area contributed by atoms with E-state index in [2.05, 4.69) is 17.4 Å². The molecule has 0 fully saturated rings. The predicted octanol–water partition coefficient (Wildman–Crippen LogP) is 3.83. The quantitative estimate of drug-likeness (QED) is 0.339. The molecular formula is C23H24ClNO6. The summed E-state index contributed by atoms with van der Waals surface area (Å²) >= 11 is 6.22. The lowest BCUT2D eigenvalue weighted by Gasteiger charge is -2.11. The summed E-state index contributed by atoms with van der Waals surface area (Å²) in [4.78, 5) is 18.2. The Hall–Kier alpha value is -3.13. The first-order valence-corrected chi connectivity index (χ1v) is 9.95. The Bertz CT molecular complexity index is 968. The van der Waals surface area contributed by atoms with Crippen molar-refractivity contribution in [1.82, 2.24) is 5.32 Å². The molecule has 0 saturated heterocycles. The first-order valence-electron chi connectivity index (χ1n) is 9.57. The minimum Gasteiger partial charge on any atom is -0.491 e. The van der Waals surface area contributed by atoms with Crippen LogP contribution in [0.25, 0.3) is 10.8 Å². The smallest absolute Gasteiger partial charge is 0.414 e. The number of ether oxygens (including phenoxy) is 2. The van der Waals surface area contributed by atoms with Crippen molar-refractivity contribution in [2.45, 2.75) is 6.54 Å². The highest BCUT2D eigenvalue weighted by Gasteiger charge is 2.05. The molecule has 0 atom stereocenters. The van der Waals surface area contributed by atoms with Crippen LogP contribution in [0, 0.1) is 0 Å². The van der Waals surface area contributed by atoms with Gasteiger partial charge < -0.3 is 25.0 Å². The fourth-order valence-electron chi connectivity index (χ4n) is 2.65. The van der Waals surface area contributed by atoms with E-state index in [1.807, 2.05) is 54.6 Å². The van der Waals surface area contributed by atoms with E-state index in [4.69, 9.17) is 40.9 Å². The van der Waals surface area contributed by atoms with Crippen LogP contribution in [0.15, 0.2) is 66.7 Å². The summed E-state index contributed by atoms with van der Waals surface area (Å²) in [7, 11) is 0. The van der Waals surface area contributed by atoms with Gasteiger partial charge in [-0.05, 0) is 17.7 Å². The van der Waals surface area contributed by atoms with E-state index in [-0.39, 0.29) is 0 Å². The second-order valence-electron chi connectivity index (χ2n) is 6.32. The van der Waals surface area contributed by atoms with Crippen molar-refractivity contribution in [1.29, 1.82) is 0 Å². The molecule has 3 aromatic rings. The van der Waals surface area contributed by atoms with Gasteiger partial charge in [0, 0.05) is 28.9 Å². The lowest BCUT2D eigenvalue weighted by Crippen LogP contribution is -2.20. The molecule has 0 aliphatic carbocycles. The molecule has 0 saturated carbocycles. The van der Waals surface area contributed by atoms with Crippen molar-refractivity contribution in [2.24, 2.45) is 0 Å². The van der Waals surface area contributed by atoms with E-state index in [1.54, 1.807) is 0 Å². The van der Waals surface area contributed by atoms with Gasteiger partial charge >= 0.3 is 11.9 Å². The molecule has 164 valence electrons. The van der Waals surface area contributed by atoms with Crippen molar-refractivity contribution in [2.75, 3.05) is 26.4 Å². The number of rotatable bonds is 9. The zero-order valence-electron chi connectivity index (χ0n) is 16.8. The molecule has 0 aromatic heterocycles. The lowest BCUT2D eigenvalue weighted by molar-refractivity contribution is -0.159. The number of benzene rings is 3. The van der Waals surface area contributed by atoms with Crippen LogP contribution in [0.1, 0.15) is 5.56 Å². The highest BCUT2D eigenvalue weighted by molar-refractivity contribution is 6.35. The molecule has 3 N–H and O–H groups in total. The molecule has 31 heavy (non-hydrogen) atoms. The summed E-state index contributed by atoms with van der Waals surface area (Å²) in [6.07, 6.45) is 0. The van der Waals surface area contributed by atoms with Crippen LogP contribution in [-0.4, -0.2) is 48.5 Å². The minimum atomic E-state index is -1.82. The SMILES string of the molecule is Clc1ccc(OCCOCCNCc2ccccc2)c2ccccc12.O=C(O)C(=O)O. The first-order chi connectivity index (χ1) is 15.0. The average Bonchev–Trinajstić information content (AvgIpc) is 2.78. The van der Waals surface area contributed by atoms with E-state index in [0.717, 1.165) is 34.6 Å². The highest BCUT2D eigenvalue weighted by Crippen LogP contribution is 2.31. The number of aliphatic carboxylic acids is 2. The van der Waals surface area contributed by atoms with E-state index < -0.39 is 11.9 Å². The molecule has 0 radical (unpaired) electrons. The number of nitrogens with one attached hydrogen (secondary N) is 1. The van der Waals surface area contributed by atoms with Crippen LogP contribution in [0.4, 0.5) is 0 Å². The van der Waals surface area contributed by atoms with Crippen molar-refractivity contribution in [3.05, 3.63) is 77.3 Å². The molecule has 0 spiro atoms. The molecule has 0 aliphatic rings. The van der Waals surface area contributed by atoms with E-state index >= 15 is 0 Å². The summed E-state index contributed by atoms with van der Waals surface area (Å²) in [6, 6.07) is 22.1. The van der Waals surface area contributed by atoms with Crippen molar-refractivity contribution < 1.29 is 29.3 Å². The Morgan fingerprint density at radius 2 is 1.45 bits per heavy atom. The van der Waals surface area contributed by atoms with Gasteiger partial charge in [-0.2, -0.15) is 0 Å². The molecule has 0 aliphatic heterocycles. The average molecular weight is 446 g/mol. The van der Waals surface area contributed by atoms with E-state index in [1.165, 1.54) is 5.56 Å². The second-order valence-corrected chi connectivity index (χ2v) is 6.73. The predicted molar refractivity (Wildman–Crippen MR) is 119 cm³/mol. The first kappa shape index (κ1) is 24.1. The molecular weight excluding hydrogens is 422 g/mol. The molecule has 0 unspecified atom stereocenters. The summed E-state index contributed by atoms with van der Waals surface area (Å²) < 4.78 is 11.5. The highest BCUT2D eigenvalue weighted by atomic mass is 35.5. The van der Waals surface area contributed by atoms with Crippen molar-refractivity contribution in [3.63, 3.8) is 0 Å². The lowest BCUT2D eigenvalue weighted by atomic mass is 10.1. The van der Waals surface area contributed by atoms with Gasteiger partial charge in [0.15, 0.2) is 0 Å². The molecule has 0 amide bonds. The fourth-order valence-corrected chi connectivity index (χ4v) is 2.87. The van der Waals surface area contributed by atoms with Crippen LogP contribution in [0.3, 0.4) is 0 Å². The van der Waals surface area contributed by atoms with Crippen LogP contribution in [0.2, 0.25) is 5.02 Å². The van der Waals surface area contributed by atoms with Crippen LogP contribution in [0.5, 0.6) is 5.75 Å². The van der Waals surface area contributed by atoms with Crippen LogP contribution < -0.4 is 10.1 Å². The zero-order valence-corrected chi connectivity index (χ0v) is 17.5. The molecule has 0 bridgehead atoms. The molecule has 7 nitrogen and oxygen atoms in total. The number of halogens is 1. The normalized spacial score (nSPS) is 10.2. The van der Waals surface area contributed by atoms with Gasteiger partial charge in [-0.25, -0.2) is 9.59 Å². The Labute approximate surface area is 185 Å². The summed E-state index contributed by atoms with van der Waals surface area (Å²) in [5.41, 5.74) is 1.28. The fraction of sp³-hybridized carbons (Fsp3) is 0.217. The van der Waals surface area contributed by atoms with Gasteiger partial charge in [0.2, 0.25) is 0 Å². The zero-order chi connectivity index (χ0) is 22.5. The third-order valence-electron chi connectivity index (χ3n) is 4.09. The van der Waals surface area contributed by atoms with Gasteiger partial charge in [0.1, 0.15) is 12.4 Å². The van der Waals surface area contributed by atoms with Crippen LogP contribution >= 0.6 is 11.6 Å². The Morgan fingerprint density at radius 1 is 0.806 bits per heavy atom. The molecule has 3 rings (SSSR count). The van der Waals surface area contributed by atoms with Crippen molar-refractivity contribution in [3.8, 4) is 5.75 Å². The third kappa shape index (κ3) is 8.64. The maximum atomic E-state index is 9.10. The van der Waals surface area contributed by atoms with E-state index in [0.29, 0.717) is 19.8 Å². The van der Waals surface area contributed by atoms with Gasteiger partial charge in [-0.3, -0.25) is 0 Å². The number of hydrogen-bond acceptors (Lipinski definition) is 5. The molecule has 8 heteroatoms. The van der Waals surface area contributed by atoms with Crippen LogP contribution in [-0.2, 0) is 20.9 Å². The number of carboxylic acids is 2. The number of fused-ring (bicyclic) bond motifs is 1. The topological polar surface area (TPSA) is 105 Å². The number of carboxylic acid groups (broad SMARTS) is 2. The monoisotopic (exact) mass is 445 g/mol. The Morgan fingerprint density at radius 3 is 2.13 bits per heavy atom. The largest absolute Gasteiger partial charge is 0.491 e. The maximum absolute atomic E-state index is 9.10. The van der Waals surface area contributed by atoms with Gasteiger partial charge in [-0.1, -0.05) is 66.2 Å². The number of carbonyl (C=O) groups is 2. The van der Waals surface area contributed by atoms with Gasteiger partial charge in [-0.15, -0.1) is 0 Å². The van der Waals surface area contributed by atoms with Gasteiger partial charge in [0.05, 0.1) is 13.2 Å². The Balaban J connectivity index is 0.000000501. The standard InChI is InChI=1S/C21H22ClNO2.C2H2O4/c22-20-10-11-21(19-9-5-4-8-18(19)20)25-15-14-24-13-12-23-16-17-6-2-1-3-7-17;3-1(4)2(5)6/h1-11,23H,12-16H2;(H,3,4)(H,5,6). The third-order valence-corrected chi connectivity index (χ3v) is 4.42. The summed E-state index contributed by atoms with van der Waals surface area (Å²) in [5.74, 6) is -2.81. The maximum Gasteiger partial charge on any atom is 0.414 e. The molecule has 3 aromatic carbocycles. The minimum absolute atomic E-state index is 0.518.